The van der Waals surface area contributed by atoms with E-state index in [4.69, 9.17) is 0 Å². The SMILES string of the molecule is C.CC.CCCCC(CC)CC1C=C2c3cc(C)ccc3-c3ccc(C)c(c32)C1. The minimum absolute atomic E-state index is 0. The number of benzene rings is 2. The zero-order chi connectivity index (χ0) is 20.3. The lowest BCUT2D eigenvalue weighted by molar-refractivity contribution is 0.369. The maximum atomic E-state index is 2.63. The van der Waals surface area contributed by atoms with Crippen LogP contribution in [0.15, 0.2) is 36.4 Å². The lowest BCUT2D eigenvalue weighted by atomic mass is 9.77. The molecule has 0 heteroatoms. The maximum Gasteiger partial charge on any atom is -0.00671 e. The monoisotopic (exact) mass is 390 g/mol. The molecular weight excluding hydrogens is 348 g/mol. The summed E-state index contributed by atoms with van der Waals surface area (Å²) in [6, 6.07) is 11.7. The van der Waals surface area contributed by atoms with Gasteiger partial charge in [-0.2, -0.15) is 0 Å². The highest BCUT2D eigenvalue weighted by atomic mass is 14.4. The first-order valence-electron chi connectivity index (χ1n) is 11.6. The molecule has 0 bridgehead atoms. The van der Waals surface area contributed by atoms with Crippen molar-refractivity contribution in [3.63, 3.8) is 0 Å². The smallest absolute Gasteiger partial charge is 0.00671 e. The third-order valence-electron chi connectivity index (χ3n) is 6.62. The number of rotatable bonds is 6. The number of unbranched alkanes of at least 4 members (excludes halogenated alkanes) is 1. The van der Waals surface area contributed by atoms with Crippen molar-refractivity contribution < 1.29 is 0 Å². The number of aryl methyl sites for hydroxylation is 2. The van der Waals surface area contributed by atoms with E-state index >= 15 is 0 Å². The van der Waals surface area contributed by atoms with Crippen molar-refractivity contribution in [3.8, 4) is 11.1 Å². The third kappa shape index (κ3) is 4.52. The van der Waals surface area contributed by atoms with E-state index in [2.05, 4.69) is 64.1 Å². The standard InChI is InChI=1S/C26H32.C2H6.CH4/c1-5-7-8-19(6-2)14-20-15-23-18(4)10-12-22-21-11-9-17(3)13-24(21)25(16-20)26(22)23;1-2;/h9-13,16,19-20H,5-8,14-15H2,1-4H3;1-2H3;1H4. The van der Waals surface area contributed by atoms with E-state index in [1.165, 1.54) is 71.9 Å². The molecule has 0 radical (unpaired) electrons. The Morgan fingerprint density at radius 3 is 2.38 bits per heavy atom. The number of allylic oxidation sites excluding steroid dienone is 1. The molecule has 0 fully saturated rings. The fourth-order valence-electron chi connectivity index (χ4n) is 5.09. The van der Waals surface area contributed by atoms with E-state index in [0.29, 0.717) is 5.92 Å². The summed E-state index contributed by atoms with van der Waals surface area (Å²) in [6.45, 7) is 13.2. The topological polar surface area (TPSA) is 0 Å². The van der Waals surface area contributed by atoms with Gasteiger partial charge < -0.3 is 0 Å². The predicted molar refractivity (Wildman–Crippen MR) is 132 cm³/mol. The molecule has 2 aromatic rings. The summed E-state index contributed by atoms with van der Waals surface area (Å²) in [5.41, 5.74) is 11.9. The molecule has 2 aliphatic carbocycles. The van der Waals surface area contributed by atoms with Crippen molar-refractivity contribution in [2.45, 2.75) is 87.5 Å². The fourth-order valence-corrected chi connectivity index (χ4v) is 5.09. The summed E-state index contributed by atoms with van der Waals surface area (Å²) in [7, 11) is 0. The van der Waals surface area contributed by atoms with Crippen LogP contribution in [0.1, 0.15) is 95.0 Å². The van der Waals surface area contributed by atoms with Crippen LogP contribution in [0.2, 0.25) is 0 Å². The van der Waals surface area contributed by atoms with Crippen LogP contribution in [0.3, 0.4) is 0 Å². The van der Waals surface area contributed by atoms with Gasteiger partial charge in [0.05, 0.1) is 0 Å². The molecule has 0 spiro atoms. The molecule has 0 amide bonds. The van der Waals surface area contributed by atoms with E-state index in [-0.39, 0.29) is 7.43 Å². The Kier molecular flexibility index (Phi) is 8.32. The Balaban J connectivity index is 0.000000970. The first kappa shape index (κ1) is 23.5. The summed E-state index contributed by atoms with van der Waals surface area (Å²) in [5, 5.41) is 0. The summed E-state index contributed by atoms with van der Waals surface area (Å²) in [4.78, 5) is 0. The van der Waals surface area contributed by atoms with Crippen LogP contribution in [0, 0.1) is 25.7 Å². The molecule has 0 aromatic heterocycles. The number of hydrogen-bond acceptors (Lipinski definition) is 0. The first-order chi connectivity index (χ1) is 13.6. The molecule has 4 rings (SSSR count). The molecule has 0 heterocycles. The molecule has 0 saturated heterocycles. The maximum absolute atomic E-state index is 2.63. The summed E-state index contributed by atoms with van der Waals surface area (Å²) < 4.78 is 0. The predicted octanol–water partition coefficient (Wildman–Crippen LogP) is 9.16. The van der Waals surface area contributed by atoms with Crippen molar-refractivity contribution in [1.29, 1.82) is 0 Å². The van der Waals surface area contributed by atoms with Gasteiger partial charge in [0.2, 0.25) is 0 Å². The van der Waals surface area contributed by atoms with Crippen LogP contribution in [-0.4, -0.2) is 0 Å². The zero-order valence-corrected chi connectivity index (χ0v) is 18.9. The lowest BCUT2D eigenvalue weighted by Crippen LogP contribution is -2.15. The fraction of sp³-hybridized carbons (Fsp3) is 0.517. The third-order valence-corrected chi connectivity index (χ3v) is 6.62. The Hall–Kier alpha value is -1.82. The largest absolute Gasteiger partial charge is 0.0776 e. The van der Waals surface area contributed by atoms with Gasteiger partial charge in [-0.1, -0.05) is 103 Å². The highest BCUT2D eigenvalue weighted by Crippen LogP contribution is 2.50. The second kappa shape index (κ2) is 10.3. The van der Waals surface area contributed by atoms with Gasteiger partial charge in [0.25, 0.3) is 0 Å². The molecule has 0 nitrogen and oxygen atoms in total. The molecule has 0 aliphatic heterocycles. The molecule has 2 aliphatic rings. The van der Waals surface area contributed by atoms with E-state index in [9.17, 15) is 0 Å². The molecule has 2 unspecified atom stereocenters. The highest BCUT2D eigenvalue weighted by molar-refractivity contribution is 6.03. The van der Waals surface area contributed by atoms with E-state index in [1.54, 1.807) is 11.1 Å². The van der Waals surface area contributed by atoms with Gasteiger partial charge >= 0.3 is 0 Å². The molecular formula is C29H42. The van der Waals surface area contributed by atoms with Crippen LogP contribution < -0.4 is 0 Å². The van der Waals surface area contributed by atoms with Gasteiger partial charge in [0, 0.05) is 0 Å². The molecule has 158 valence electrons. The van der Waals surface area contributed by atoms with Crippen molar-refractivity contribution >= 4 is 5.57 Å². The number of fused-ring (bicyclic) bond motifs is 3. The summed E-state index contributed by atoms with van der Waals surface area (Å²) in [5.74, 6) is 1.57. The zero-order valence-electron chi connectivity index (χ0n) is 18.9. The average molecular weight is 391 g/mol. The molecule has 29 heavy (non-hydrogen) atoms. The van der Waals surface area contributed by atoms with Crippen molar-refractivity contribution in [1.82, 2.24) is 0 Å². The average Bonchev–Trinajstić information content (AvgIpc) is 3.03. The molecule has 2 atom stereocenters. The van der Waals surface area contributed by atoms with Gasteiger partial charge in [-0.05, 0) is 77.5 Å². The second-order valence-corrected chi connectivity index (χ2v) is 8.53. The molecule has 0 N–H and O–H groups in total. The van der Waals surface area contributed by atoms with Gasteiger partial charge in [-0.25, -0.2) is 0 Å². The molecule has 2 aromatic carbocycles. The van der Waals surface area contributed by atoms with E-state index < -0.39 is 0 Å². The van der Waals surface area contributed by atoms with Gasteiger partial charge in [0.1, 0.15) is 0 Å². The molecule has 0 saturated carbocycles. The van der Waals surface area contributed by atoms with Crippen LogP contribution in [-0.2, 0) is 6.42 Å². The number of hydrogen-bond donors (Lipinski definition) is 0. The van der Waals surface area contributed by atoms with Gasteiger partial charge in [-0.3, -0.25) is 0 Å². The van der Waals surface area contributed by atoms with Crippen LogP contribution in [0.5, 0.6) is 0 Å². The van der Waals surface area contributed by atoms with Crippen LogP contribution >= 0.6 is 0 Å². The van der Waals surface area contributed by atoms with Crippen LogP contribution in [0.4, 0.5) is 0 Å². The normalized spacial score (nSPS) is 16.6. The van der Waals surface area contributed by atoms with Crippen molar-refractivity contribution in [3.05, 3.63) is 64.2 Å². The second-order valence-electron chi connectivity index (χ2n) is 8.53. The minimum Gasteiger partial charge on any atom is -0.0776 e. The Morgan fingerprint density at radius 2 is 1.69 bits per heavy atom. The van der Waals surface area contributed by atoms with Crippen LogP contribution in [0.25, 0.3) is 16.7 Å². The minimum atomic E-state index is 0. The van der Waals surface area contributed by atoms with Crippen molar-refractivity contribution in [2.24, 2.45) is 11.8 Å². The van der Waals surface area contributed by atoms with Gasteiger partial charge in [-0.15, -0.1) is 0 Å². The lowest BCUT2D eigenvalue weighted by Gasteiger charge is -2.27. The Labute approximate surface area is 180 Å². The first-order valence-corrected chi connectivity index (χ1v) is 11.6. The Bertz CT molecular complexity index is 853. The quantitative estimate of drug-likeness (QED) is 0.393. The van der Waals surface area contributed by atoms with E-state index in [1.807, 2.05) is 13.8 Å². The van der Waals surface area contributed by atoms with Crippen molar-refractivity contribution in [2.75, 3.05) is 0 Å². The Morgan fingerprint density at radius 1 is 0.966 bits per heavy atom. The summed E-state index contributed by atoms with van der Waals surface area (Å²) >= 11 is 0. The summed E-state index contributed by atoms with van der Waals surface area (Å²) in [6.07, 6.45) is 10.6. The van der Waals surface area contributed by atoms with Gasteiger partial charge in [0.15, 0.2) is 0 Å². The van der Waals surface area contributed by atoms with E-state index in [0.717, 1.165) is 5.92 Å². The highest BCUT2D eigenvalue weighted by Gasteiger charge is 2.31.